The quantitative estimate of drug-likeness (QED) is 0.659. The molecule has 1 aromatic carbocycles. The molecule has 0 aromatic heterocycles. The molecule has 0 spiro atoms. The number of unbranched alkanes of at least 4 members (excludes halogenated alkanes) is 1. The molecule has 1 aromatic rings. The molecule has 0 aliphatic carbocycles. The van der Waals surface area contributed by atoms with E-state index < -0.39 is 0 Å². The van der Waals surface area contributed by atoms with Crippen LogP contribution in [0.3, 0.4) is 0 Å². The number of hydrogen-bond acceptors (Lipinski definition) is 3. The number of rotatable bonds is 7. The Kier molecular flexibility index (Phi) is 8.01. The molecule has 1 amide bonds. The third-order valence-electron chi connectivity index (χ3n) is 5.02. The van der Waals surface area contributed by atoms with Gasteiger partial charge in [0.15, 0.2) is 0 Å². The minimum Gasteiger partial charge on any atom is -0.466 e. The molecule has 0 radical (unpaired) electrons. The van der Waals surface area contributed by atoms with E-state index in [9.17, 15) is 14.0 Å². The number of esters is 1. The Bertz CT molecular complexity index is 691. The summed E-state index contributed by atoms with van der Waals surface area (Å²) in [6.45, 7) is 7.30. The summed E-state index contributed by atoms with van der Waals surface area (Å²) < 4.78 is 18.5. The summed E-state index contributed by atoms with van der Waals surface area (Å²) in [6, 6.07) is 4.70. The molecule has 0 bridgehead atoms. The number of halogens is 1. The Morgan fingerprint density at radius 2 is 1.96 bits per heavy atom. The molecular formula is C22H30FNO3. The molecule has 2 rings (SSSR count). The average Bonchev–Trinajstić information content (AvgIpc) is 2.65. The second-order valence-electron chi connectivity index (χ2n) is 7.06. The van der Waals surface area contributed by atoms with E-state index in [2.05, 4.69) is 13.0 Å². The Balaban J connectivity index is 2.03. The summed E-state index contributed by atoms with van der Waals surface area (Å²) in [5, 5.41) is 0. The molecule has 1 saturated heterocycles. The zero-order chi connectivity index (χ0) is 19.8. The molecule has 1 heterocycles. The SMILES string of the molecule is CCC/C=C(/CC(=O)N1CCC(C(=O)OCC)CC1)c1ccc(F)cc1C. The van der Waals surface area contributed by atoms with Crippen LogP contribution < -0.4 is 0 Å². The van der Waals surface area contributed by atoms with Gasteiger partial charge >= 0.3 is 5.97 Å². The van der Waals surface area contributed by atoms with E-state index in [0.717, 1.165) is 29.5 Å². The number of amides is 1. The lowest BCUT2D eigenvalue weighted by molar-refractivity contribution is -0.151. The van der Waals surface area contributed by atoms with Gasteiger partial charge in [0.25, 0.3) is 0 Å². The lowest BCUT2D eigenvalue weighted by Gasteiger charge is -2.31. The van der Waals surface area contributed by atoms with Gasteiger partial charge in [-0.05, 0) is 61.9 Å². The maximum absolute atomic E-state index is 13.4. The normalized spacial score (nSPS) is 15.7. The predicted octanol–water partition coefficient (Wildman–Crippen LogP) is 4.51. The largest absolute Gasteiger partial charge is 0.466 e. The van der Waals surface area contributed by atoms with Crippen LogP contribution in [-0.4, -0.2) is 36.5 Å². The molecule has 0 N–H and O–H groups in total. The molecule has 1 fully saturated rings. The fraction of sp³-hybridized carbons (Fsp3) is 0.545. The van der Waals surface area contributed by atoms with Gasteiger partial charge in [0, 0.05) is 13.1 Å². The second kappa shape index (κ2) is 10.2. The smallest absolute Gasteiger partial charge is 0.309 e. The van der Waals surface area contributed by atoms with E-state index >= 15 is 0 Å². The standard InChI is InChI=1S/C22H30FNO3/c1-4-6-7-18(20-9-8-19(23)14-16(20)3)15-21(25)24-12-10-17(11-13-24)22(26)27-5-2/h7-9,14,17H,4-6,10-13,15H2,1-3H3/b18-7-. The Hall–Kier alpha value is -2.17. The molecule has 0 unspecified atom stereocenters. The van der Waals surface area contributed by atoms with Crippen LogP contribution in [0.4, 0.5) is 4.39 Å². The number of carbonyl (C=O) groups is 2. The number of carbonyl (C=O) groups excluding carboxylic acids is 2. The van der Waals surface area contributed by atoms with Crippen LogP contribution in [0.1, 0.15) is 57.1 Å². The first-order valence-corrected chi connectivity index (χ1v) is 9.86. The summed E-state index contributed by atoms with van der Waals surface area (Å²) in [5.41, 5.74) is 2.72. The van der Waals surface area contributed by atoms with Gasteiger partial charge in [-0.15, -0.1) is 0 Å². The third kappa shape index (κ3) is 5.91. The number of hydrogen-bond donors (Lipinski definition) is 0. The van der Waals surface area contributed by atoms with Crippen molar-refractivity contribution in [3.05, 3.63) is 41.2 Å². The lowest BCUT2D eigenvalue weighted by Crippen LogP contribution is -2.40. The summed E-state index contributed by atoms with van der Waals surface area (Å²) in [4.78, 5) is 26.5. The molecule has 1 aliphatic rings. The minimum atomic E-state index is -0.265. The van der Waals surface area contributed by atoms with E-state index in [1.165, 1.54) is 12.1 Å². The first-order chi connectivity index (χ1) is 13.0. The van der Waals surface area contributed by atoms with E-state index in [0.29, 0.717) is 39.0 Å². The maximum atomic E-state index is 13.4. The Morgan fingerprint density at radius 1 is 1.26 bits per heavy atom. The van der Waals surface area contributed by atoms with Crippen LogP contribution >= 0.6 is 0 Å². The van der Waals surface area contributed by atoms with Crippen LogP contribution in [0.2, 0.25) is 0 Å². The van der Waals surface area contributed by atoms with E-state index in [-0.39, 0.29) is 23.6 Å². The third-order valence-corrected chi connectivity index (χ3v) is 5.02. The molecule has 148 valence electrons. The first-order valence-electron chi connectivity index (χ1n) is 9.86. The molecule has 5 heteroatoms. The topological polar surface area (TPSA) is 46.6 Å². The van der Waals surface area contributed by atoms with Crippen molar-refractivity contribution in [2.75, 3.05) is 19.7 Å². The molecule has 27 heavy (non-hydrogen) atoms. The van der Waals surface area contributed by atoms with Crippen LogP contribution in [0.25, 0.3) is 5.57 Å². The van der Waals surface area contributed by atoms with Gasteiger partial charge < -0.3 is 9.64 Å². The zero-order valence-corrected chi connectivity index (χ0v) is 16.6. The van der Waals surface area contributed by atoms with Gasteiger partial charge in [0.05, 0.1) is 18.9 Å². The number of likely N-dealkylation sites (tertiary alicyclic amines) is 1. The average molecular weight is 375 g/mol. The maximum Gasteiger partial charge on any atom is 0.309 e. The highest BCUT2D eigenvalue weighted by atomic mass is 19.1. The highest BCUT2D eigenvalue weighted by molar-refractivity contribution is 5.89. The van der Waals surface area contributed by atoms with E-state index in [1.807, 2.05) is 11.8 Å². The summed E-state index contributed by atoms with van der Waals surface area (Å²) >= 11 is 0. The summed E-state index contributed by atoms with van der Waals surface area (Å²) in [6.07, 6.45) is 5.55. The highest BCUT2D eigenvalue weighted by Gasteiger charge is 2.28. The monoisotopic (exact) mass is 375 g/mol. The number of aryl methyl sites for hydroxylation is 1. The van der Waals surface area contributed by atoms with Crippen molar-refractivity contribution >= 4 is 17.4 Å². The molecule has 1 aliphatic heterocycles. The molecule has 4 nitrogen and oxygen atoms in total. The van der Waals surface area contributed by atoms with Crippen molar-refractivity contribution in [3.8, 4) is 0 Å². The fourth-order valence-corrected chi connectivity index (χ4v) is 3.48. The van der Waals surface area contributed by atoms with Crippen molar-refractivity contribution in [1.82, 2.24) is 4.90 Å². The van der Waals surface area contributed by atoms with Crippen molar-refractivity contribution in [2.24, 2.45) is 5.92 Å². The number of allylic oxidation sites excluding steroid dienone is 1. The number of piperidine rings is 1. The van der Waals surface area contributed by atoms with Crippen LogP contribution in [0.15, 0.2) is 24.3 Å². The van der Waals surface area contributed by atoms with Gasteiger partial charge in [-0.25, -0.2) is 4.39 Å². The predicted molar refractivity (Wildman–Crippen MR) is 105 cm³/mol. The fourth-order valence-electron chi connectivity index (χ4n) is 3.48. The molecular weight excluding hydrogens is 345 g/mol. The van der Waals surface area contributed by atoms with Crippen molar-refractivity contribution in [3.63, 3.8) is 0 Å². The van der Waals surface area contributed by atoms with Gasteiger partial charge in [-0.2, -0.15) is 0 Å². The minimum absolute atomic E-state index is 0.0587. The van der Waals surface area contributed by atoms with Gasteiger partial charge in [0.2, 0.25) is 5.91 Å². The lowest BCUT2D eigenvalue weighted by atomic mass is 9.94. The molecule has 0 saturated carbocycles. The zero-order valence-electron chi connectivity index (χ0n) is 16.6. The van der Waals surface area contributed by atoms with Crippen LogP contribution in [0, 0.1) is 18.7 Å². The van der Waals surface area contributed by atoms with Gasteiger partial charge in [-0.3, -0.25) is 9.59 Å². The number of benzene rings is 1. The van der Waals surface area contributed by atoms with Gasteiger partial charge in [0.1, 0.15) is 5.82 Å². The number of ether oxygens (including phenoxy) is 1. The summed E-state index contributed by atoms with van der Waals surface area (Å²) in [7, 11) is 0. The number of nitrogens with zero attached hydrogens (tertiary/aromatic N) is 1. The summed E-state index contributed by atoms with van der Waals surface area (Å²) in [5.74, 6) is -0.472. The van der Waals surface area contributed by atoms with Crippen molar-refractivity contribution < 1.29 is 18.7 Å². The molecule has 0 atom stereocenters. The van der Waals surface area contributed by atoms with E-state index in [1.54, 1.807) is 13.0 Å². The van der Waals surface area contributed by atoms with Gasteiger partial charge in [-0.1, -0.05) is 25.5 Å². The van der Waals surface area contributed by atoms with Crippen LogP contribution in [0.5, 0.6) is 0 Å². The van der Waals surface area contributed by atoms with Crippen molar-refractivity contribution in [1.29, 1.82) is 0 Å². The van der Waals surface area contributed by atoms with E-state index in [4.69, 9.17) is 4.74 Å². The van der Waals surface area contributed by atoms with Crippen LogP contribution in [-0.2, 0) is 14.3 Å². The Labute approximate surface area is 161 Å². The first kappa shape index (κ1) is 21.1. The van der Waals surface area contributed by atoms with Crippen molar-refractivity contribution in [2.45, 2.75) is 52.9 Å². The second-order valence-corrected chi connectivity index (χ2v) is 7.06. The highest BCUT2D eigenvalue weighted by Crippen LogP contribution is 2.26. The Morgan fingerprint density at radius 3 is 2.56 bits per heavy atom.